The van der Waals surface area contributed by atoms with Crippen LogP contribution in [0.1, 0.15) is 18.1 Å². The maximum absolute atomic E-state index is 11.2. The Kier molecular flexibility index (Phi) is 5.54. The molecule has 0 aliphatic heterocycles. The van der Waals surface area contributed by atoms with Gasteiger partial charge in [0.1, 0.15) is 5.76 Å². The Morgan fingerprint density at radius 3 is 2.47 bits per heavy atom. The molecule has 0 aromatic heterocycles. The fraction of sp³-hybridized carbons (Fsp3) is 0.200. The summed E-state index contributed by atoms with van der Waals surface area (Å²) in [5, 5.41) is 9.75. The summed E-state index contributed by atoms with van der Waals surface area (Å²) in [6, 6.07) is 7.27. The molecule has 0 atom stereocenters. The summed E-state index contributed by atoms with van der Waals surface area (Å²) in [6.45, 7) is 3.73. The van der Waals surface area contributed by atoms with Gasteiger partial charge in [0.2, 0.25) is 0 Å². The molecule has 100 valence electrons. The highest BCUT2D eigenvalue weighted by Crippen LogP contribution is 2.12. The molecule has 0 saturated heterocycles. The van der Waals surface area contributed by atoms with Crippen molar-refractivity contribution < 1.29 is 19.4 Å². The average Bonchev–Trinajstić information content (AvgIpc) is 2.39. The Hall–Kier alpha value is -2.36. The van der Waals surface area contributed by atoms with Gasteiger partial charge in [0.25, 0.3) is 5.78 Å². The van der Waals surface area contributed by atoms with Crippen molar-refractivity contribution in [3.8, 4) is 0 Å². The largest absolute Gasteiger partial charge is 0.507 e. The lowest BCUT2D eigenvalue weighted by Crippen LogP contribution is -2.14. The number of aliphatic hydroxyl groups excluding tert-OH is 1. The van der Waals surface area contributed by atoms with Crippen molar-refractivity contribution in [1.29, 1.82) is 0 Å². The zero-order valence-electron chi connectivity index (χ0n) is 10.9. The fourth-order valence-corrected chi connectivity index (χ4v) is 1.32. The minimum absolute atomic E-state index is 0.0212. The summed E-state index contributed by atoms with van der Waals surface area (Å²) in [5.74, 6) is -1.63. The van der Waals surface area contributed by atoms with Crippen LogP contribution in [0.3, 0.4) is 0 Å². The third-order valence-corrected chi connectivity index (χ3v) is 2.33. The summed E-state index contributed by atoms with van der Waals surface area (Å²) in [7, 11) is 0. The van der Waals surface area contributed by atoms with Gasteiger partial charge in [-0.1, -0.05) is 35.9 Å². The number of carbonyl (C=O) groups is 2. The third-order valence-electron chi connectivity index (χ3n) is 2.33. The molecule has 0 radical (unpaired) electrons. The molecule has 0 aliphatic carbocycles. The van der Waals surface area contributed by atoms with Crippen molar-refractivity contribution in [3.63, 3.8) is 0 Å². The number of aryl methyl sites for hydroxylation is 1. The Balaban J connectivity index is 2.68. The highest BCUT2D eigenvalue weighted by molar-refractivity contribution is 6.38. The van der Waals surface area contributed by atoms with Crippen LogP contribution in [-0.2, 0) is 14.3 Å². The van der Waals surface area contributed by atoms with Gasteiger partial charge in [-0.2, -0.15) is 0 Å². The first-order chi connectivity index (χ1) is 9.04. The number of rotatable bonds is 5. The number of hydrogen-bond donors (Lipinski definition) is 1. The van der Waals surface area contributed by atoms with E-state index in [9.17, 15) is 14.7 Å². The Morgan fingerprint density at radius 2 is 1.89 bits per heavy atom. The zero-order valence-corrected chi connectivity index (χ0v) is 10.9. The third kappa shape index (κ3) is 4.79. The lowest BCUT2D eigenvalue weighted by atomic mass is 10.1. The molecular formula is C15H16O4. The predicted molar refractivity (Wildman–Crippen MR) is 72.6 cm³/mol. The van der Waals surface area contributed by atoms with Gasteiger partial charge in [-0.3, -0.25) is 4.79 Å². The Labute approximate surface area is 112 Å². The van der Waals surface area contributed by atoms with E-state index in [-0.39, 0.29) is 12.4 Å². The van der Waals surface area contributed by atoms with Crippen LogP contribution in [-0.4, -0.2) is 23.5 Å². The van der Waals surface area contributed by atoms with Crippen LogP contribution in [0.5, 0.6) is 0 Å². The van der Waals surface area contributed by atoms with Crippen LogP contribution in [0.25, 0.3) is 5.76 Å². The molecule has 0 heterocycles. The minimum Gasteiger partial charge on any atom is -0.507 e. The summed E-state index contributed by atoms with van der Waals surface area (Å²) in [6.07, 6.45) is 3.72. The first-order valence-electron chi connectivity index (χ1n) is 5.90. The topological polar surface area (TPSA) is 63.6 Å². The van der Waals surface area contributed by atoms with Crippen LogP contribution < -0.4 is 0 Å². The molecule has 0 fully saturated rings. The predicted octanol–water partition coefficient (Wildman–Crippen LogP) is 2.58. The highest BCUT2D eigenvalue weighted by Gasteiger charge is 2.09. The normalized spacial score (nSPS) is 11.6. The van der Waals surface area contributed by atoms with Gasteiger partial charge in [0, 0.05) is 5.56 Å². The molecule has 1 aromatic carbocycles. The number of benzene rings is 1. The molecule has 19 heavy (non-hydrogen) atoms. The summed E-state index contributed by atoms with van der Waals surface area (Å²) in [5.41, 5.74) is 1.73. The number of aliphatic hydroxyl groups is 1. The number of esters is 1. The summed E-state index contributed by atoms with van der Waals surface area (Å²) in [4.78, 5) is 22.2. The zero-order chi connectivity index (χ0) is 14.3. The van der Waals surface area contributed by atoms with E-state index in [0.29, 0.717) is 5.56 Å². The molecule has 4 nitrogen and oxygen atoms in total. The fourth-order valence-electron chi connectivity index (χ4n) is 1.32. The second-order valence-corrected chi connectivity index (χ2v) is 3.86. The second-order valence-electron chi connectivity index (χ2n) is 3.86. The van der Waals surface area contributed by atoms with E-state index in [1.807, 2.05) is 19.1 Å². The quantitative estimate of drug-likeness (QED) is 0.290. The van der Waals surface area contributed by atoms with E-state index in [1.54, 1.807) is 19.1 Å². The van der Waals surface area contributed by atoms with E-state index >= 15 is 0 Å². The molecule has 0 amide bonds. The molecule has 0 bridgehead atoms. The van der Waals surface area contributed by atoms with Crippen molar-refractivity contribution in [2.45, 2.75) is 13.8 Å². The smallest absolute Gasteiger partial charge is 0.379 e. The van der Waals surface area contributed by atoms with E-state index < -0.39 is 11.8 Å². The molecule has 0 aliphatic rings. The van der Waals surface area contributed by atoms with Gasteiger partial charge in [-0.15, -0.1) is 0 Å². The lowest BCUT2D eigenvalue weighted by Gasteiger charge is -1.99. The van der Waals surface area contributed by atoms with Gasteiger partial charge in [0.15, 0.2) is 0 Å². The molecule has 1 rings (SSSR count). The van der Waals surface area contributed by atoms with Gasteiger partial charge in [0.05, 0.1) is 6.61 Å². The Morgan fingerprint density at radius 1 is 1.26 bits per heavy atom. The molecular weight excluding hydrogens is 244 g/mol. The van der Waals surface area contributed by atoms with Gasteiger partial charge < -0.3 is 9.84 Å². The van der Waals surface area contributed by atoms with E-state index in [1.165, 1.54) is 12.2 Å². The molecule has 4 heteroatoms. The van der Waals surface area contributed by atoms with Crippen molar-refractivity contribution in [2.75, 3.05) is 6.61 Å². The SMILES string of the molecule is CCOC(=O)C(=O)/C=C/C=C(\O)c1ccc(C)cc1. The van der Waals surface area contributed by atoms with Gasteiger partial charge in [-0.25, -0.2) is 4.79 Å². The van der Waals surface area contributed by atoms with Crippen LogP contribution in [0.2, 0.25) is 0 Å². The number of ketones is 1. The minimum atomic E-state index is -0.901. The van der Waals surface area contributed by atoms with Crippen molar-refractivity contribution >= 4 is 17.5 Å². The first kappa shape index (κ1) is 14.7. The maximum atomic E-state index is 11.2. The Bertz CT molecular complexity index is 509. The van der Waals surface area contributed by atoms with Crippen LogP contribution in [0, 0.1) is 6.92 Å². The number of hydrogen-bond acceptors (Lipinski definition) is 4. The van der Waals surface area contributed by atoms with Crippen LogP contribution >= 0.6 is 0 Å². The first-order valence-corrected chi connectivity index (χ1v) is 5.90. The number of ether oxygens (including phenoxy) is 1. The molecule has 0 saturated carbocycles. The lowest BCUT2D eigenvalue weighted by molar-refractivity contribution is -0.151. The second kappa shape index (κ2) is 7.16. The molecule has 1 N–H and O–H groups in total. The van der Waals surface area contributed by atoms with Crippen LogP contribution in [0.4, 0.5) is 0 Å². The maximum Gasteiger partial charge on any atom is 0.379 e. The van der Waals surface area contributed by atoms with E-state index in [4.69, 9.17) is 0 Å². The van der Waals surface area contributed by atoms with Gasteiger partial charge >= 0.3 is 5.97 Å². The van der Waals surface area contributed by atoms with Crippen molar-refractivity contribution in [3.05, 3.63) is 53.6 Å². The van der Waals surface area contributed by atoms with Crippen molar-refractivity contribution in [1.82, 2.24) is 0 Å². The monoisotopic (exact) mass is 260 g/mol. The van der Waals surface area contributed by atoms with Gasteiger partial charge in [-0.05, 0) is 26.0 Å². The molecule has 0 spiro atoms. The average molecular weight is 260 g/mol. The molecule has 0 unspecified atom stereocenters. The standard InChI is InChI=1S/C15H16O4/c1-3-19-15(18)14(17)6-4-5-13(16)12-9-7-11(2)8-10-12/h4-10,16H,3H2,1-2H3/b6-4+,13-5-. The van der Waals surface area contributed by atoms with E-state index in [0.717, 1.165) is 11.6 Å². The molecule has 1 aromatic rings. The number of allylic oxidation sites excluding steroid dienone is 2. The highest BCUT2D eigenvalue weighted by atomic mass is 16.5. The van der Waals surface area contributed by atoms with Crippen molar-refractivity contribution in [2.24, 2.45) is 0 Å². The van der Waals surface area contributed by atoms with Crippen LogP contribution in [0.15, 0.2) is 42.5 Å². The number of carbonyl (C=O) groups excluding carboxylic acids is 2. The summed E-state index contributed by atoms with van der Waals surface area (Å²) >= 11 is 0. The summed E-state index contributed by atoms with van der Waals surface area (Å²) < 4.78 is 4.54. The van der Waals surface area contributed by atoms with E-state index in [2.05, 4.69) is 4.74 Å².